The van der Waals surface area contributed by atoms with E-state index in [0.717, 1.165) is 35.1 Å². The molecular weight excluding hydrogens is 325 g/mol. The van der Waals surface area contributed by atoms with E-state index in [9.17, 15) is 12.8 Å². The standard InChI is InChI=1S/C19H22FNO2S/c1-13-10-14(2)18(15(3)11-13)24(22,23)21-12-19(8-9-19)16-4-6-17(20)7-5-16/h4-7,10-11,21H,8-9,12H2,1-3H3. The number of rotatable bonds is 5. The van der Waals surface area contributed by atoms with Crippen LogP contribution in [0.2, 0.25) is 0 Å². The summed E-state index contributed by atoms with van der Waals surface area (Å²) < 4.78 is 41.4. The minimum absolute atomic E-state index is 0.201. The third-order valence-electron chi connectivity index (χ3n) is 4.78. The van der Waals surface area contributed by atoms with Gasteiger partial charge >= 0.3 is 0 Å². The van der Waals surface area contributed by atoms with E-state index < -0.39 is 10.0 Å². The molecule has 3 nitrogen and oxygen atoms in total. The lowest BCUT2D eigenvalue weighted by molar-refractivity contribution is 0.565. The van der Waals surface area contributed by atoms with E-state index in [-0.39, 0.29) is 11.2 Å². The lowest BCUT2D eigenvalue weighted by atomic mass is 9.96. The lowest BCUT2D eigenvalue weighted by Crippen LogP contribution is -2.33. The molecule has 5 heteroatoms. The van der Waals surface area contributed by atoms with Crippen molar-refractivity contribution in [3.8, 4) is 0 Å². The molecule has 1 N–H and O–H groups in total. The molecule has 3 rings (SSSR count). The number of hydrogen-bond acceptors (Lipinski definition) is 2. The summed E-state index contributed by atoms with van der Waals surface area (Å²) in [6.07, 6.45) is 1.82. The molecule has 0 aromatic heterocycles. The van der Waals surface area contributed by atoms with E-state index in [1.165, 1.54) is 12.1 Å². The van der Waals surface area contributed by atoms with Crippen molar-refractivity contribution in [1.29, 1.82) is 0 Å². The third kappa shape index (κ3) is 3.23. The van der Waals surface area contributed by atoms with Crippen LogP contribution in [0.25, 0.3) is 0 Å². The molecule has 0 unspecified atom stereocenters. The molecule has 2 aromatic carbocycles. The maximum atomic E-state index is 13.1. The normalized spacial score (nSPS) is 16.2. The van der Waals surface area contributed by atoms with Crippen molar-refractivity contribution in [2.24, 2.45) is 0 Å². The number of aryl methyl sites for hydroxylation is 3. The van der Waals surface area contributed by atoms with Crippen molar-refractivity contribution in [3.63, 3.8) is 0 Å². The van der Waals surface area contributed by atoms with Crippen molar-refractivity contribution in [2.75, 3.05) is 6.54 Å². The molecule has 1 fully saturated rings. The predicted octanol–water partition coefficient (Wildman–Crippen LogP) is 3.76. The molecule has 0 aliphatic heterocycles. The quantitative estimate of drug-likeness (QED) is 0.895. The van der Waals surface area contributed by atoms with Gasteiger partial charge in [0.25, 0.3) is 0 Å². The summed E-state index contributed by atoms with van der Waals surface area (Å²) in [6.45, 7) is 5.94. The van der Waals surface area contributed by atoms with Crippen molar-refractivity contribution in [1.82, 2.24) is 4.72 Å². The van der Waals surface area contributed by atoms with Gasteiger partial charge in [-0.05, 0) is 62.4 Å². The summed E-state index contributed by atoms with van der Waals surface area (Å²) in [7, 11) is -3.57. The topological polar surface area (TPSA) is 46.2 Å². The fourth-order valence-electron chi connectivity index (χ4n) is 3.42. The first-order valence-corrected chi connectivity index (χ1v) is 9.55. The van der Waals surface area contributed by atoms with Gasteiger partial charge in [0.2, 0.25) is 10.0 Å². The fourth-order valence-corrected chi connectivity index (χ4v) is 4.99. The second kappa shape index (κ2) is 5.97. The predicted molar refractivity (Wildman–Crippen MR) is 93.2 cm³/mol. The number of hydrogen-bond donors (Lipinski definition) is 1. The molecule has 0 amide bonds. The summed E-state index contributed by atoms with van der Waals surface area (Å²) >= 11 is 0. The Morgan fingerprint density at radius 3 is 2.08 bits per heavy atom. The van der Waals surface area contributed by atoms with Crippen molar-refractivity contribution < 1.29 is 12.8 Å². The molecule has 0 radical (unpaired) electrons. The van der Waals surface area contributed by atoms with Crippen LogP contribution in [-0.2, 0) is 15.4 Å². The van der Waals surface area contributed by atoms with E-state index in [4.69, 9.17) is 0 Å². The Balaban J connectivity index is 1.83. The van der Waals surface area contributed by atoms with E-state index in [2.05, 4.69) is 4.72 Å². The SMILES string of the molecule is Cc1cc(C)c(S(=O)(=O)NCC2(c3ccc(F)cc3)CC2)c(C)c1. The van der Waals surface area contributed by atoms with Gasteiger partial charge in [-0.15, -0.1) is 0 Å². The summed E-state index contributed by atoms with van der Waals surface area (Å²) in [5.74, 6) is -0.277. The summed E-state index contributed by atoms with van der Waals surface area (Å²) in [5, 5.41) is 0. The van der Waals surface area contributed by atoms with Gasteiger partial charge in [0.1, 0.15) is 5.82 Å². The van der Waals surface area contributed by atoms with Gasteiger partial charge in [0.05, 0.1) is 4.90 Å². The Kier molecular flexibility index (Phi) is 4.26. The second-order valence-corrected chi connectivity index (χ2v) is 8.54. The van der Waals surface area contributed by atoms with Gasteiger partial charge in [-0.1, -0.05) is 29.8 Å². The minimum Gasteiger partial charge on any atom is -0.210 e. The Bertz CT molecular complexity index is 846. The maximum Gasteiger partial charge on any atom is 0.241 e. The van der Waals surface area contributed by atoms with Crippen LogP contribution in [0.1, 0.15) is 35.1 Å². The average Bonchev–Trinajstić information content (AvgIpc) is 3.26. The van der Waals surface area contributed by atoms with Crippen LogP contribution in [0, 0.1) is 26.6 Å². The molecule has 0 saturated heterocycles. The number of benzene rings is 2. The summed E-state index contributed by atoms with van der Waals surface area (Å²) in [6, 6.07) is 10.1. The Labute approximate surface area is 143 Å². The molecule has 2 aromatic rings. The smallest absolute Gasteiger partial charge is 0.210 e. The van der Waals surface area contributed by atoms with Crippen LogP contribution in [0.5, 0.6) is 0 Å². The molecule has 0 atom stereocenters. The highest BCUT2D eigenvalue weighted by atomic mass is 32.2. The highest BCUT2D eigenvalue weighted by Crippen LogP contribution is 2.47. The molecule has 0 bridgehead atoms. The van der Waals surface area contributed by atoms with Crippen molar-refractivity contribution in [2.45, 2.75) is 43.9 Å². The Morgan fingerprint density at radius 2 is 1.58 bits per heavy atom. The second-order valence-electron chi connectivity index (χ2n) is 6.84. The van der Waals surface area contributed by atoms with E-state index in [1.54, 1.807) is 12.1 Å². The average molecular weight is 347 g/mol. The summed E-state index contributed by atoms with van der Waals surface area (Å²) in [4.78, 5) is 0.364. The zero-order chi connectivity index (χ0) is 17.5. The molecular formula is C19H22FNO2S. The molecule has 0 heterocycles. The molecule has 128 valence electrons. The first kappa shape index (κ1) is 17.1. The van der Waals surface area contributed by atoms with Crippen molar-refractivity contribution in [3.05, 3.63) is 64.5 Å². The van der Waals surface area contributed by atoms with E-state index >= 15 is 0 Å². The van der Waals surface area contributed by atoms with Crippen LogP contribution in [0.3, 0.4) is 0 Å². The molecule has 1 aliphatic carbocycles. The van der Waals surface area contributed by atoms with Gasteiger partial charge in [0.15, 0.2) is 0 Å². The Hall–Kier alpha value is -1.72. The zero-order valence-electron chi connectivity index (χ0n) is 14.2. The lowest BCUT2D eigenvalue weighted by Gasteiger charge is -2.18. The van der Waals surface area contributed by atoms with E-state index in [1.807, 2.05) is 32.9 Å². The molecule has 1 aliphatic rings. The molecule has 0 spiro atoms. The monoisotopic (exact) mass is 347 g/mol. The Morgan fingerprint density at radius 1 is 1.04 bits per heavy atom. The van der Waals surface area contributed by atoms with Gasteiger partial charge in [-0.25, -0.2) is 17.5 Å². The number of nitrogens with one attached hydrogen (secondary N) is 1. The first-order chi connectivity index (χ1) is 11.2. The van der Waals surface area contributed by atoms with Crippen LogP contribution >= 0.6 is 0 Å². The van der Waals surface area contributed by atoms with Gasteiger partial charge < -0.3 is 0 Å². The maximum absolute atomic E-state index is 13.1. The summed E-state index contributed by atoms with van der Waals surface area (Å²) in [5.41, 5.74) is 3.35. The molecule has 1 saturated carbocycles. The van der Waals surface area contributed by atoms with Gasteiger partial charge in [-0.3, -0.25) is 0 Å². The van der Waals surface area contributed by atoms with Gasteiger partial charge in [-0.2, -0.15) is 0 Å². The van der Waals surface area contributed by atoms with Crippen LogP contribution < -0.4 is 4.72 Å². The fraction of sp³-hybridized carbons (Fsp3) is 0.368. The minimum atomic E-state index is -3.57. The van der Waals surface area contributed by atoms with Crippen molar-refractivity contribution >= 4 is 10.0 Å². The first-order valence-electron chi connectivity index (χ1n) is 8.07. The highest BCUT2D eigenvalue weighted by Gasteiger charge is 2.45. The number of halogens is 1. The number of sulfonamides is 1. The largest absolute Gasteiger partial charge is 0.241 e. The highest BCUT2D eigenvalue weighted by molar-refractivity contribution is 7.89. The van der Waals surface area contributed by atoms with Crippen LogP contribution in [0.15, 0.2) is 41.3 Å². The van der Waals surface area contributed by atoms with Crippen LogP contribution in [0.4, 0.5) is 4.39 Å². The van der Waals surface area contributed by atoms with Gasteiger partial charge in [0, 0.05) is 12.0 Å². The third-order valence-corrected chi connectivity index (χ3v) is 6.49. The van der Waals surface area contributed by atoms with E-state index in [0.29, 0.717) is 11.4 Å². The molecule has 24 heavy (non-hydrogen) atoms. The van der Waals surface area contributed by atoms with Crippen LogP contribution in [-0.4, -0.2) is 15.0 Å². The zero-order valence-corrected chi connectivity index (χ0v) is 15.0.